The number of carbonyl (C=O) groups excluding carboxylic acids is 1. The first-order valence-corrected chi connectivity index (χ1v) is 12.3. The van der Waals surface area contributed by atoms with Gasteiger partial charge in [-0.15, -0.1) is 0 Å². The topological polar surface area (TPSA) is 84.9 Å². The van der Waals surface area contributed by atoms with E-state index >= 15 is 0 Å². The molecule has 0 saturated heterocycles. The van der Waals surface area contributed by atoms with Crippen LogP contribution < -0.4 is 19.1 Å². The summed E-state index contributed by atoms with van der Waals surface area (Å²) in [5.41, 5.74) is 2.55. The first-order valence-electron chi connectivity index (χ1n) is 10.4. The molecule has 0 spiro atoms. The maximum Gasteiger partial charge on any atom is 0.263 e. The molecule has 168 valence electrons. The Balaban J connectivity index is 1.54. The van der Waals surface area contributed by atoms with Gasteiger partial charge in [-0.3, -0.25) is 9.10 Å². The van der Waals surface area contributed by atoms with Gasteiger partial charge in [-0.25, -0.2) is 8.42 Å². The minimum Gasteiger partial charge on any atom is -0.491 e. The minimum absolute atomic E-state index is 0.0432. The second kappa shape index (κ2) is 9.60. The number of carbonyl (C=O) groups is 1. The summed E-state index contributed by atoms with van der Waals surface area (Å²) in [5, 5.41) is 2.86. The zero-order chi connectivity index (χ0) is 22.6. The molecule has 8 heteroatoms. The van der Waals surface area contributed by atoms with E-state index in [1.807, 2.05) is 51.1 Å². The number of ether oxygens (including phenoxy) is 2. The summed E-state index contributed by atoms with van der Waals surface area (Å²) in [6, 6.07) is 13.2. The molecule has 0 saturated carbocycles. The van der Waals surface area contributed by atoms with Crippen molar-refractivity contribution in [3.63, 3.8) is 0 Å². The highest BCUT2D eigenvalue weighted by Gasteiger charge is 2.34. The van der Waals surface area contributed by atoms with Crippen LogP contribution in [0.3, 0.4) is 0 Å². The smallest absolute Gasteiger partial charge is 0.263 e. The fourth-order valence-electron chi connectivity index (χ4n) is 3.44. The second-order valence-corrected chi connectivity index (χ2v) is 9.98. The van der Waals surface area contributed by atoms with E-state index < -0.39 is 16.1 Å². The summed E-state index contributed by atoms with van der Waals surface area (Å²) in [6.07, 6.45) is 1.95. The van der Waals surface area contributed by atoms with Gasteiger partial charge in [0.1, 0.15) is 11.5 Å². The Morgan fingerprint density at radius 1 is 1.23 bits per heavy atom. The van der Waals surface area contributed by atoms with Crippen LogP contribution in [0.5, 0.6) is 11.5 Å². The van der Waals surface area contributed by atoms with Crippen molar-refractivity contribution >= 4 is 21.6 Å². The lowest BCUT2D eigenvalue weighted by Crippen LogP contribution is -2.50. The molecule has 1 aliphatic rings. The van der Waals surface area contributed by atoms with Gasteiger partial charge in [0.2, 0.25) is 10.0 Å². The predicted molar refractivity (Wildman–Crippen MR) is 121 cm³/mol. The summed E-state index contributed by atoms with van der Waals surface area (Å²) in [5.74, 6) is 0.916. The van der Waals surface area contributed by atoms with Crippen molar-refractivity contribution in [1.29, 1.82) is 0 Å². The van der Waals surface area contributed by atoms with Crippen LogP contribution in [0.4, 0.5) is 5.69 Å². The normalized spacial score (nSPS) is 15.9. The van der Waals surface area contributed by atoms with Gasteiger partial charge in [0.05, 0.1) is 24.6 Å². The summed E-state index contributed by atoms with van der Waals surface area (Å²) in [6.45, 7) is 6.29. The molecule has 1 unspecified atom stereocenters. The van der Waals surface area contributed by atoms with Gasteiger partial charge >= 0.3 is 0 Å². The molecule has 0 bridgehead atoms. The van der Waals surface area contributed by atoms with Gasteiger partial charge < -0.3 is 14.8 Å². The van der Waals surface area contributed by atoms with Crippen molar-refractivity contribution in [2.45, 2.75) is 45.8 Å². The van der Waals surface area contributed by atoms with Crippen molar-refractivity contribution in [2.75, 3.05) is 23.7 Å². The Morgan fingerprint density at radius 2 is 1.94 bits per heavy atom. The Bertz CT molecular complexity index is 1020. The minimum atomic E-state index is -3.53. The van der Waals surface area contributed by atoms with Crippen LogP contribution in [0, 0.1) is 6.92 Å². The number of rotatable bonds is 8. The average Bonchev–Trinajstić information content (AvgIpc) is 2.70. The quantitative estimate of drug-likeness (QED) is 0.630. The molecule has 7 nitrogen and oxygen atoms in total. The molecule has 0 radical (unpaired) electrons. The highest BCUT2D eigenvalue weighted by Crippen LogP contribution is 2.35. The molecule has 0 aromatic heterocycles. The van der Waals surface area contributed by atoms with Crippen molar-refractivity contribution in [3.8, 4) is 11.5 Å². The van der Waals surface area contributed by atoms with E-state index in [4.69, 9.17) is 9.47 Å². The average molecular weight is 447 g/mol. The van der Waals surface area contributed by atoms with Crippen LogP contribution in [-0.2, 0) is 21.2 Å². The third-order valence-electron chi connectivity index (χ3n) is 4.91. The van der Waals surface area contributed by atoms with E-state index in [-0.39, 0.29) is 18.6 Å². The van der Waals surface area contributed by atoms with Crippen LogP contribution in [0.15, 0.2) is 42.5 Å². The lowest BCUT2D eigenvalue weighted by atomic mass is 10.1. The molecule has 31 heavy (non-hydrogen) atoms. The zero-order valence-electron chi connectivity index (χ0n) is 18.4. The molecule has 1 amide bonds. The number of aryl methyl sites for hydroxylation is 2. The SMILES string of the molecule is Cc1ccc2c(c1)N(S(C)(=O)=O)CC(C(=O)NCCCc1ccc(OC(C)C)cc1)O2. The number of hydrogen-bond acceptors (Lipinski definition) is 5. The lowest BCUT2D eigenvalue weighted by molar-refractivity contribution is -0.127. The first kappa shape index (κ1) is 22.9. The van der Waals surface area contributed by atoms with Gasteiger partial charge in [0.15, 0.2) is 6.10 Å². The molecular formula is C23H30N2O5S. The number of anilines is 1. The monoisotopic (exact) mass is 446 g/mol. The van der Waals surface area contributed by atoms with Gasteiger partial charge in [-0.05, 0) is 69.0 Å². The molecule has 1 aliphatic heterocycles. The van der Waals surface area contributed by atoms with E-state index in [0.29, 0.717) is 18.0 Å². The van der Waals surface area contributed by atoms with E-state index in [1.165, 1.54) is 4.31 Å². The van der Waals surface area contributed by atoms with Crippen LogP contribution in [0.2, 0.25) is 0 Å². The number of benzene rings is 2. The van der Waals surface area contributed by atoms with Crippen molar-refractivity contribution in [1.82, 2.24) is 5.32 Å². The molecule has 1 heterocycles. The Kier molecular flexibility index (Phi) is 7.10. The molecule has 0 aliphatic carbocycles. The van der Waals surface area contributed by atoms with E-state index in [1.54, 1.807) is 12.1 Å². The van der Waals surface area contributed by atoms with Crippen molar-refractivity contribution in [2.24, 2.45) is 0 Å². The number of nitrogens with zero attached hydrogens (tertiary/aromatic N) is 1. The number of amides is 1. The van der Waals surface area contributed by atoms with Crippen LogP contribution in [0.25, 0.3) is 0 Å². The van der Waals surface area contributed by atoms with Crippen molar-refractivity contribution in [3.05, 3.63) is 53.6 Å². The number of nitrogens with one attached hydrogen (secondary N) is 1. The molecule has 1 atom stereocenters. The highest BCUT2D eigenvalue weighted by molar-refractivity contribution is 7.92. The standard InChI is InChI=1S/C23H30N2O5S/c1-16(2)29-19-10-8-18(9-11-19)6-5-13-24-23(26)22-15-25(31(4,27)28)20-14-17(3)7-12-21(20)30-22/h7-12,14,16,22H,5-6,13,15H2,1-4H3,(H,24,26). The Hall–Kier alpha value is -2.74. The van der Waals surface area contributed by atoms with Crippen molar-refractivity contribution < 1.29 is 22.7 Å². The number of fused-ring (bicyclic) bond motifs is 1. The molecule has 0 fully saturated rings. The zero-order valence-corrected chi connectivity index (χ0v) is 19.2. The molecule has 2 aromatic carbocycles. The van der Waals surface area contributed by atoms with Gasteiger partial charge in [-0.2, -0.15) is 0 Å². The van der Waals surface area contributed by atoms with Gasteiger partial charge in [0, 0.05) is 6.54 Å². The maximum atomic E-state index is 12.6. The first-order chi connectivity index (χ1) is 14.6. The van der Waals surface area contributed by atoms with Gasteiger partial charge in [-0.1, -0.05) is 18.2 Å². The molecular weight excluding hydrogens is 416 g/mol. The number of sulfonamides is 1. The maximum absolute atomic E-state index is 12.6. The van der Waals surface area contributed by atoms with E-state index in [2.05, 4.69) is 5.32 Å². The Labute approximate surface area is 184 Å². The largest absolute Gasteiger partial charge is 0.491 e. The summed E-state index contributed by atoms with van der Waals surface area (Å²) >= 11 is 0. The Morgan fingerprint density at radius 3 is 2.58 bits per heavy atom. The molecule has 3 rings (SSSR count). The second-order valence-electron chi connectivity index (χ2n) is 8.08. The predicted octanol–water partition coefficient (Wildman–Crippen LogP) is 3.06. The van der Waals surface area contributed by atoms with Gasteiger partial charge in [0.25, 0.3) is 5.91 Å². The summed E-state index contributed by atoms with van der Waals surface area (Å²) in [7, 11) is -3.53. The van der Waals surface area contributed by atoms with Crippen LogP contribution >= 0.6 is 0 Å². The van der Waals surface area contributed by atoms with Crippen LogP contribution in [0.1, 0.15) is 31.4 Å². The highest BCUT2D eigenvalue weighted by atomic mass is 32.2. The summed E-state index contributed by atoms with van der Waals surface area (Å²) < 4.78 is 37.2. The van der Waals surface area contributed by atoms with Crippen LogP contribution in [-0.4, -0.2) is 45.9 Å². The molecule has 1 N–H and O–H groups in total. The number of hydrogen-bond donors (Lipinski definition) is 1. The third kappa shape index (κ3) is 6.13. The van der Waals surface area contributed by atoms with E-state index in [0.717, 1.165) is 36.0 Å². The summed E-state index contributed by atoms with van der Waals surface area (Å²) in [4.78, 5) is 12.6. The third-order valence-corrected chi connectivity index (χ3v) is 6.06. The fraction of sp³-hybridized carbons (Fsp3) is 0.435. The fourth-order valence-corrected chi connectivity index (χ4v) is 4.34. The van der Waals surface area contributed by atoms with E-state index in [9.17, 15) is 13.2 Å². The lowest BCUT2D eigenvalue weighted by Gasteiger charge is -2.34. The molecule has 2 aromatic rings.